The largest absolute Gasteiger partial charge is 0.507 e. The van der Waals surface area contributed by atoms with Crippen molar-refractivity contribution in [3.05, 3.63) is 23.8 Å². The summed E-state index contributed by atoms with van der Waals surface area (Å²) in [5.41, 5.74) is 0.241. The molecule has 0 radical (unpaired) electrons. The van der Waals surface area contributed by atoms with Gasteiger partial charge in [0.05, 0.1) is 12.7 Å². The van der Waals surface area contributed by atoms with E-state index in [9.17, 15) is 9.90 Å². The predicted octanol–water partition coefficient (Wildman–Crippen LogP) is 2.27. The first-order valence-electron chi connectivity index (χ1n) is 5.75. The van der Waals surface area contributed by atoms with Crippen LogP contribution in [-0.2, 0) is 0 Å². The van der Waals surface area contributed by atoms with Crippen molar-refractivity contribution in [2.45, 2.75) is 19.4 Å². The third kappa shape index (κ3) is 4.14. The molecule has 1 amide bonds. The molecule has 0 aliphatic heterocycles. The number of rotatable bonds is 6. The summed E-state index contributed by atoms with van der Waals surface area (Å²) in [4.78, 5) is 12.0. The fourth-order valence-corrected chi connectivity index (χ4v) is 2.08. The highest BCUT2D eigenvalue weighted by Crippen LogP contribution is 2.22. The van der Waals surface area contributed by atoms with Crippen LogP contribution in [0.25, 0.3) is 0 Å². The summed E-state index contributed by atoms with van der Waals surface area (Å²) < 4.78 is 5.04. The van der Waals surface area contributed by atoms with E-state index >= 15 is 0 Å². The van der Waals surface area contributed by atoms with E-state index in [1.54, 1.807) is 17.8 Å². The molecule has 1 rings (SSSR count). The monoisotopic (exact) mass is 269 g/mol. The minimum Gasteiger partial charge on any atom is -0.507 e. The van der Waals surface area contributed by atoms with E-state index in [1.807, 2.05) is 13.2 Å². The SMILES string of the molecule is COc1ccc(O)c(C(=O)NC(C)CCSC)c1. The smallest absolute Gasteiger partial charge is 0.255 e. The third-order valence-electron chi connectivity index (χ3n) is 2.58. The summed E-state index contributed by atoms with van der Waals surface area (Å²) in [7, 11) is 1.52. The van der Waals surface area contributed by atoms with Crippen LogP contribution in [0.15, 0.2) is 18.2 Å². The second-order valence-electron chi connectivity index (χ2n) is 4.04. The average Bonchev–Trinajstić information content (AvgIpc) is 2.36. The molecule has 0 aliphatic rings. The molecule has 100 valence electrons. The zero-order valence-corrected chi connectivity index (χ0v) is 11.7. The Balaban J connectivity index is 2.71. The van der Waals surface area contributed by atoms with Crippen LogP contribution >= 0.6 is 11.8 Å². The van der Waals surface area contributed by atoms with Gasteiger partial charge in [-0.1, -0.05) is 0 Å². The zero-order chi connectivity index (χ0) is 13.5. The van der Waals surface area contributed by atoms with Crippen LogP contribution in [0.3, 0.4) is 0 Å². The Bertz CT molecular complexity index is 409. The Hall–Kier alpha value is -1.36. The van der Waals surface area contributed by atoms with Crippen molar-refractivity contribution in [2.75, 3.05) is 19.1 Å². The van der Waals surface area contributed by atoms with Gasteiger partial charge in [-0.25, -0.2) is 0 Å². The lowest BCUT2D eigenvalue weighted by molar-refractivity contribution is 0.0936. The lowest BCUT2D eigenvalue weighted by Crippen LogP contribution is -2.33. The number of carbonyl (C=O) groups excluding carboxylic acids is 1. The summed E-state index contributed by atoms with van der Waals surface area (Å²) in [5.74, 6) is 1.23. The highest BCUT2D eigenvalue weighted by atomic mass is 32.2. The Morgan fingerprint density at radius 1 is 1.56 bits per heavy atom. The highest BCUT2D eigenvalue weighted by molar-refractivity contribution is 7.98. The normalized spacial score (nSPS) is 11.9. The number of aromatic hydroxyl groups is 1. The fraction of sp³-hybridized carbons (Fsp3) is 0.462. The first-order valence-corrected chi connectivity index (χ1v) is 7.14. The predicted molar refractivity (Wildman–Crippen MR) is 74.6 cm³/mol. The number of carbonyl (C=O) groups is 1. The van der Waals surface area contributed by atoms with E-state index < -0.39 is 0 Å². The molecule has 18 heavy (non-hydrogen) atoms. The molecule has 1 atom stereocenters. The van der Waals surface area contributed by atoms with Crippen LogP contribution < -0.4 is 10.1 Å². The van der Waals surface area contributed by atoms with E-state index in [2.05, 4.69) is 5.32 Å². The molecule has 0 heterocycles. The lowest BCUT2D eigenvalue weighted by atomic mass is 10.1. The topological polar surface area (TPSA) is 58.6 Å². The molecule has 0 aliphatic carbocycles. The van der Waals surface area contributed by atoms with E-state index in [0.717, 1.165) is 12.2 Å². The van der Waals surface area contributed by atoms with Crippen LogP contribution in [0.1, 0.15) is 23.7 Å². The molecular formula is C13H19NO3S. The Morgan fingerprint density at radius 3 is 2.89 bits per heavy atom. The van der Waals surface area contributed by atoms with Gasteiger partial charge in [-0.15, -0.1) is 0 Å². The molecule has 0 saturated heterocycles. The molecule has 0 saturated carbocycles. The first-order chi connectivity index (χ1) is 8.58. The summed E-state index contributed by atoms with van der Waals surface area (Å²) in [5, 5.41) is 12.5. The van der Waals surface area contributed by atoms with Gasteiger partial charge < -0.3 is 15.2 Å². The van der Waals surface area contributed by atoms with E-state index in [4.69, 9.17) is 4.74 Å². The number of hydrogen-bond acceptors (Lipinski definition) is 4. The zero-order valence-electron chi connectivity index (χ0n) is 10.9. The van der Waals surface area contributed by atoms with E-state index in [0.29, 0.717) is 5.75 Å². The Morgan fingerprint density at radius 2 is 2.28 bits per heavy atom. The second kappa shape index (κ2) is 7.16. The van der Waals surface area contributed by atoms with Crippen LogP contribution in [0, 0.1) is 0 Å². The maximum absolute atomic E-state index is 12.0. The van der Waals surface area contributed by atoms with Gasteiger partial charge in [0.25, 0.3) is 5.91 Å². The number of amides is 1. The minimum atomic E-state index is -0.278. The van der Waals surface area contributed by atoms with Gasteiger partial charge in [-0.3, -0.25) is 4.79 Å². The Labute approximate surface area is 112 Å². The van der Waals surface area contributed by atoms with Crippen molar-refractivity contribution in [3.63, 3.8) is 0 Å². The summed E-state index contributed by atoms with van der Waals surface area (Å²) >= 11 is 1.74. The van der Waals surface area contributed by atoms with Crippen molar-refractivity contribution in [3.8, 4) is 11.5 Å². The number of ether oxygens (including phenoxy) is 1. The molecule has 0 spiro atoms. The van der Waals surface area contributed by atoms with Gasteiger partial charge in [0, 0.05) is 6.04 Å². The molecule has 1 aromatic carbocycles. The molecule has 1 unspecified atom stereocenters. The fourth-order valence-electron chi connectivity index (χ4n) is 1.49. The maximum atomic E-state index is 12.0. The molecule has 5 heteroatoms. The van der Waals surface area contributed by atoms with Crippen molar-refractivity contribution < 1.29 is 14.6 Å². The van der Waals surface area contributed by atoms with Gasteiger partial charge in [0.1, 0.15) is 11.5 Å². The van der Waals surface area contributed by atoms with Gasteiger partial charge in [-0.2, -0.15) is 11.8 Å². The first kappa shape index (κ1) is 14.7. The Kier molecular flexibility index (Phi) is 5.85. The number of thioether (sulfide) groups is 1. The average molecular weight is 269 g/mol. The van der Waals surface area contributed by atoms with Crippen LogP contribution in [0.5, 0.6) is 11.5 Å². The lowest BCUT2D eigenvalue weighted by Gasteiger charge is -2.14. The number of benzene rings is 1. The number of nitrogens with one attached hydrogen (secondary N) is 1. The van der Waals surface area contributed by atoms with Crippen LogP contribution in [-0.4, -0.2) is 36.2 Å². The summed E-state index contributed by atoms with van der Waals surface area (Å²) in [6.07, 6.45) is 2.93. The highest BCUT2D eigenvalue weighted by Gasteiger charge is 2.14. The number of hydrogen-bond donors (Lipinski definition) is 2. The quantitative estimate of drug-likeness (QED) is 0.832. The van der Waals surface area contributed by atoms with Crippen molar-refractivity contribution in [1.29, 1.82) is 0 Å². The molecular weight excluding hydrogens is 250 g/mol. The van der Waals surface area contributed by atoms with Gasteiger partial charge >= 0.3 is 0 Å². The molecule has 0 bridgehead atoms. The molecule has 2 N–H and O–H groups in total. The summed E-state index contributed by atoms with van der Waals surface area (Å²) in [6.45, 7) is 1.95. The number of phenols is 1. The molecule has 1 aromatic rings. The number of methoxy groups -OCH3 is 1. The van der Waals surface area contributed by atoms with Crippen molar-refractivity contribution in [1.82, 2.24) is 5.32 Å². The van der Waals surface area contributed by atoms with E-state index in [1.165, 1.54) is 19.2 Å². The van der Waals surface area contributed by atoms with Crippen molar-refractivity contribution in [2.24, 2.45) is 0 Å². The molecule has 4 nitrogen and oxygen atoms in total. The minimum absolute atomic E-state index is 0.0367. The van der Waals surface area contributed by atoms with Gasteiger partial charge in [0.15, 0.2) is 0 Å². The van der Waals surface area contributed by atoms with Gasteiger partial charge in [0.2, 0.25) is 0 Å². The van der Waals surface area contributed by atoms with Crippen LogP contribution in [0.2, 0.25) is 0 Å². The standard InChI is InChI=1S/C13H19NO3S/c1-9(6-7-18-3)14-13(16)11-8-10(17-2)4-5-12(11)15/h4-5,8-9,15H,6-7H2,1-3H3,(H,14,16). The van der Waals surface area contributed by atoms with Gasteiger partial charge in [-0.05, 0) is 43.6 Å². The van der Waals surface area contributed by atoms with Crippen molar-refractivity contribution >= 4 is 17.7 Å². The second-order valence-corrected chi connectivity index (χ2v) is 5.02. The summed E-state index contributed by atoms with van der Waals surface area (Å²) in [6, 6.07) is 4.69. The third-order valence-corrected chi connectivity index (χ3v) is 3.22. The van der Waals surface area contributed by atoms with Crippen LogP contribution in [0.4, 0.5) is 0 Å². The maximum Gasteiger partial charge on any atom is 0.255 e. The van der Waals surface area contributed by atoms with E-state index in [-0.39, 0.29) is 23.3 Å². The molecule has 0 aromatic heterocycles. The molecule has 0 fully saturated rings. The number of phenolic OH excluding ortho intramolecular Hbond substituents is 1.